The molecule has 2 aromatic heterocycles. The molecule has 0 radical (unpaired) electrons. The van der Waals surface area contributed by atoms with E-state index in [0.717, 1.165) is 10.6 Å². The molecule has 0 aliphatic heterocycles. The second kappa shape index (κ2) is 4.94. The maximum Gasteiger partial charge on any atom is 0.269 e. The van der Waals surface area contributed by atoms with Gasteiger partial charge in [0.1, 0.15) is 11.6 Å². The molecule has 20 heavy (non-hydrogen) atoms. The monoisotopic (exact) mass is 291 g/mol. The van der Waals surface area contributed by atoms with Crippen molar-refractivity contribution in [1.82, 2.24) is 19.8 Å². The SMILES string of the molecule is COCc1nnc2sc(-c3ccc([N+](=O)[O-])cc3)nn12. The molecule has 0 amide bonds. The third kappa shape index (κ3) is 2.12. The van der Waals surface area contributed by atoms with Crippen LogP contribution in [-0.2, 0) is 11.3 Å². The molecule has 0 atom stereocenters. The Morgan fingerprint density at radius 2 is 2.10 bits per heavy atom. The van der Waals surface area contributed by atoms with Crippen molar-refractivity contribution in [2.45, 2.75) is 6.61 Å². The Labute approximate surface area is 116 Å². The van der Waals surface area contributed by atoms with Gasteiger partial charge in [0.25, 0.3) is 5.69 Å². The van der Waals surface area contributed by atoms with Gasteiger partial charge >= 0.3 is 0 Å². The first-order valence-electron chi connectivity index (χ1n) is 5.64. The molecule has 1 aromatic carbocycles. The predicted molar refractivity (Wildman–Crippen MR) is 71.5 cm³/mol. The number of non-ortho nitro benzene ring substituents is 1. The van der Waals surface area contributed by atoms with Gasteiger partial charge in [-0.3, -0.25) is 10.1 Å². The summed E-state index contributed by atoms with van der Waals surface area (Å²) in [6, 6.07) is 6.24. The largest absolute Gasteiger partial charge is 0.377 e. The minimum atomic E-state index is -0.431. The molecule has 0 spiro atoms. The molecule has 9 heteroatoms. The summed E-state index contributed by atoms with van der Waals surface area (Å²) in [5.74, 6) is 0.618. The van der Waals surface area contributed by atoms with Crippen LogP contribution in [0, 0.1) is 10.1 Å². The number of nitro benzene ring substituents is 1. The highest BCUT2D eigenvalue weighted by Gasteiger charge is 2.13. The maximum atomic E-state index is 10.6. The van der Waals surface area contributed by atoms with Crippen molar-refractivity contribution in [2.75, 3.05) is 7.11 Å². The van der Waals surface area contributed by atoms with E-state index in [1.807, 2.05) is 0 Å². The average molecular weight is 291 g/mol. The first-order valence-corrected chi connectivity index (χ1v) is 6.45. The molecule has 8 nitrogen and oxygen atoms in total. The number of rotatable bonds is 4. The predicted octanol–water partition coefficient (Wildman–Crippen LogP) is 1.91. The van der Waals surface area contributed by atoms with Crippen LogP contribution in [0.1, 0.15) is 5.82 Å². The molecular formula is C11H9N5O3S. The van der Waals surface area contributed by atoms with Crippen molar-refractivity contribution in [3.63, 3.8) is 0 Å². The van der Waals surface area contributed by atoms with Crippen molar-refractivity contribution in [3.8, 4) is 10.6 Å². The zero-order valence-corrected chi connectivity index (χ0v) is 11.2. The van der Waals surface area contributed by atoms with Crippen molar-refractivity contribution >= 4 is 22.0 Å². The summed E-state index contributed by atoms with van der Waals surface area (Å²) >= 11 is 1.36. The number of methoxy groups -OCH3 is 1. The van der Waals surface area contributed by atoms with Crippen LogP contribution in [0.2, 0.25) is 0 Å². The van der Waals surface area contributed by atoms with Gasteiger partial charge in [0.15, 0.2) is 5.82 Å². The summed E-state index contributed by atoms with van der Waals surface area (Å²) in [5, 5.41) is 23.7. The number of hydrogen-bond donors (Lipinski definition) is 0. The van der Waals surface area contributed by atoms with Crippen LogP contribution in [-0.4, -0.2) is 31.8 Å². The zero-order valence-electron chi connectivity index (χ0n) is 10.4. The van der Waals surface area contributed by atoms with E-state index in [1.54, 1.807) is 23.8 Å². The van der Waals surface area contributed by atoms with E-state index in [1.165, 1.54) is 23.5 Å². The summed E-state index contributed by atoms with van der Waals surface area (Å²) < 4.78 is 6.63. The Hall–Kier alpha value is -2.39. The van der Waals surface area contributed by atoms with Gasteiger partial charge in [0.05, 0.1) is 4.92 Å². The molecule has 0 unspecified atom stereocenters. The molecule has 0 saturated carbocycles. The molecule has 102 valence electrons. The van der Waals surface area contributed by atoms with Gasteiger partial charge in [0, 0.05) is 24.8 Å². The highest BCUT2D eigenvalue weighted by atomic mass is 32.1. The van der Waals surface area contributed by atoms with Gasteiger partial charge in [0.2, 0.25) is 4.96 Å². The lowest BCUT2D eigenvalue weighted by molar-refractivity contribution is -0.384. The molecular weight excluding hydrogens is 282 g/mol. The minimum absolute atomic E-state index is 0.0526. The maximum absolute atomic E-state index is 10.6. The Kier molecular flexibility index (Phi) is 3.12. The fraction of sp³-hybridized carbons (Fsp3) is 0.182. The van der Waals surface area contributed by atoms with Crippen LogP contribution in [0.4, 0.5) is 5.69 Å². The van der Waals surface area contributed by atoms with Gasteiger partial charge in [-0.1, -0.05) is 11.3 Å². The van der Waals surface area contributed by atoms with E-state index in [2.05, 4.69) is 15.3 Å². The lowest BCUT2D eigenvalue weighted by atomic mass is 10.2. The summed E-state index contributed by atoms with van der Waals surface area (Å²) in [4.78, 5) is 10.8. The average Bonchev–Trinajstić information content (AvgIpc) is 3.01. The molecule has 0 N–H and O–H groups in total. The number of fused-ring (bicyclic) bond motifs is 1. The molecule has 0 bridgehead atoms. The Bertz CT molecular complexity index is 764. The van der Waals surface area contributed by atoms with Crippen LogP contribution in [0.25, 0.3) is 15.5 Å². The molecule has 3 aromatic rings. The smallest absolute Gasteiger partial charge is 0.269 e. The van der Waals surface area contributed by atoms with Gasteiger partial charge in [-0.25, -0.2) is 0 Å². The van der Waals surface area contributed by atoms with E-state index in [9.17, 15) is 10.1 Å². The standard InChI is InChI=1S/C11H9N5O3S/c1-19-6-9-12-13-11-15(9)14-10(20-11)7-2-4-8(5-3-7)16(17)18/h2-5H,6H2,1H3. The van der Waals surface area contributed by atoms with Gasteiger partial charge in [-0.2, -0.15) is 9.61 Å². The van der Waals surface area contributed by atoms with Gasteiger partial charge in [-0.15, -0.1) is 10.2 Å². The Balaban J connectivity index is 1.99. The van der Waals surface area contributed by atoms with Crippen LogP contribution in [0.5, 0.6) is 0 Å². The third-order valence-electron chi connectivity index (χ3n) is 2.65. The van der Waals surface area contributed by atoms with Crippen molar-refractivity contribution in [2.24, 2.45) is 0 Å². The van der Waals surface area contributed by atoms with Crippen LogP contribution < -0.4 is 0 Å². The number of nitrogens with zero attached hydrogens (tertiary/aromatic N) is 5. The highest BCUT2D eigenvalue weighted by molar-refractivity contribution is 7.19. The fourth-order valence-electron chi connectivity index (χ4n) is 1.72. The lowest BCUT2D eigenvalue weighted by Crippen LogP contribution is -1.97. The molecule has 0 aliphatic carbocycles. The van der Waals surface area contributed by atoms with Gasteiger partial charge in [-0.05, 0) is 12.1 Å². The lowest BCUT2D eigenvalue weighted by Gasteiger charge is -1.95. The second-order valence-corrected chi connectivity index (χ2v) is 4.91. The van der Waals surface area contributed by atoms with E-state index in [4.69, 9.17) is 4.74 Å². The molecule has 3 rings (SSSR count). The normalized spacial score (nSPS) is 11.1. The van der Waals surface area contributed by atoms with E-state index in [0.29, 0.717) is 17.4 Å². The number of aromatic nitrogens is 4. The van der Waals surface area contributed by atoms with Crippen molar-refractivity contribution in [3.05, 3.63) is 40.2 Å². The quantitative estimate of drug-likeness (QED) is 0.538. The van der Waals surface area contributed by atoms with E-state index >= 15 is 0 Å². The van der Waals surface area contributed by atoms with Crippen molar-refractivity contribution in [1.29, 1.82) is 0 Å². The number of hydrogen-bond acceptors (Lipinski definition) is 7. The van der Waals surface area contributed by atoms with E-state index < -0.39 is 4.92 Å². The first-order chi connectivity index (χ1) is 9.69. The number of benzene rings is 1. The Morgan fingerprint density at radius 1 is 1.35 bits per heavy atom. The molecule has 2 heterocycles. The highest BCUT2D eigenvalue weighted by Crippen LogP contribution is 2.27. The first kappa shape index (κ1) is 12.6. The molecule has 0 fully saturated rings. The molecule has 0 saturated heterocycles. The van der Waals surface area contributed by atoms with E-state index in [-0.39, 0.29) is 5.69 Å². The zero-order chi connectivity index (χ0) is 14.1. The minimum Gasteiger partial charge on any atom is -0.377 e. The summed E-state index contributed by atoms with van der Waals surface area (Å²) in [6.45, 7) is 0.324. The Morgan fingerprint density at radius 3 is 2.75 bits per heavy atom. The third-order valence-corrected chi connectivity index (χ3v) is 3.60. The topological polar surface area (TPSA) is 95.5 Å². The second-order valence-electron chi connectivity index (χ2n) is 3.95. The summed E-state index contributed by atoms with van der Waals surface area (Å²) in [7, 11) is 1.57. The summed E-state index contributed by atoms with van der Waals surface area (Å²) in [6.07, 6.45) is 0. The van der Waals surface area contributed by atoms with Gasteiger partial charge < -0.3 is 4.74 Å². The van der Waals surface area contributed by atoms with Crippen molar-refractivity contribution < 1.29 is 9.66 Å². The van der Waals surface area contributed by atoms with Crippen LogP contribution in [0.3, 0.4) is 0 Å². The summed E-state index contributed by atoms with van der Waals surface area (Å²) in [5.41, 5.74) is 0.853. The van der Waals surface area contributed by atoms with Crippen LogP contribution >= 0.6 is 11.3 Å². The fourth-order valence-corrected chi connectivity index (χ4v) is 2.58. The number of ether oxygens (including phenoxy) is 1. The molecule has 0 aliphatic rings. The number of nitro groups is 1. The van der Waals surface area contributed by atoms with Crippen LogP contribution in [0.15, 0.2) is 24.3 Å².